The highest BCUT2D eigenvalue weighted by molar-refractivity contribution is 6.09. The van der Waals surface area contributed by atoms with Gasteiger partial charge in [0.2, 0.25) is 0 Å². The average molecular weight is 204 g/mol. The Balaban J connectivity index is 2.86. The van der Waals surface area contributed by atoms with Crippen LogP contribution in [-0.2, 0) is 0 Å². The van der Waals surface area contributed by atoms with Crippen molar-refractivity contribution in [1.29, 1.82) is 0 Å². The van der Waals surface area contributed by atoms with Crippen LogP contribution in [0.15, 0.2) is 28.7 Å². The molecule has 76 valence electrons. The van der Waals surface area contributed by atoms with Crippen LogP contribution in [0.4, 0.5) is 0 Å². The number of carboxylic acid groups (broad SMARTS) is 2. The topological polar surface area (TPSA) is 93.4 Å². The second-order valence-corrected chi connectivity index (χ2v) is 2.88. The largest absolute Gasteiger partial charge is 0.545 e. The number of aromatic carboxylic acids is 2. The fraction of sp³-hybridized carbons (Fsp3) is 0. The summed E-state index contributed by atoms with van der Waals surface area (Å²) in [6.45, 7) is 0. The van der Waals surface area contributed by atoms with Crippen LogP contribution < -0.4 is 10.2 Å². The van der Waals surface area contributed by atoms with Crippen molar-refractivity contribution in [2.75, 3.05) is 0 Å². The summed E-state index contributed by atoms with van der Waals surface area (Å²) < 4.78 is 4.84. The van der Waals surface area contributed by atoms with Crippen molar-refractivity contribution in [3.05, 3.63) is 35.6 Å². The Morgan fingerprint density at radius 1 is 1.07 bits per heavy atom. The summed E-state index contributed by atoms with van der Waals surface area (Å²) in [4.78, 5) is 21.3. The molecular formula is C10H4O5-2. The number of fused-ring (bicyclic) bond motifs is 1. The molecule has 1 heterocycles. The van der Waals surface area contributed by atoms with Gasteiger partial charge >= 0.3 is 0 Å². The molecule has 0 aliphatic carbocycles. The van der Waals surface area contributed by atoms with Gasteiger partial charge in [-0.3, -0.25) is 0 Å². The van der Waals surface area contributed by atoms with E-state index in [1.54, 1.807) is 12.1 Å². The number of benzene rings is 1. The number of hydrogen-bond acceptors (Lipinski definition) is 5. The summed E-state index contributed by atoms with van der Waals surface area (Å²) in [6.07, 6.45) is 0. The minimum Gasteiger partial charge on any atom is -0.545 e. The first-order chi connectivity index (χ1) is 7.11. The highest BCUT2D eigenvalue weighted by Gasteiger charge is 2.15. The number of para-hydroxylation sites is 1. The van der Waals surface area contributed by atoms with Gasteiger partial charge in [-0.05, 0) is 6.07 Å². The van der Waals surface area contributed by atoms with E-state index in [0.29, 0.717) is 0 Å². The minimum absolute atomic E-state index is 0.177. The zero-order chi connectivity index (χ0) is 11.0. The first-order valence-electron chi connectivity index (χ1n) is 4.05. The lowest BCUT2D eigenvalue weighted by molar-refractivity contribution is -0.261. The number of carboxylic acids is 2. The first kappa shape index (κ1) is 9.26. The number of rotatable bonds is 2. The SMILES string of the molecule is O=C([O-])c1oc2ccccc2c1C(=O)[O-]. The van der Waals surface area contributed by atoms with Crippen LogP contribution in [0.25, 0.3) is 11.0 Å². The molecule has 2 rings (SSSR count). The van der Waals surface area contributed by atoms with Crippen molar-refractivity contribution in [2.24, 2.45) is 0 Å². The van der Waals surface area contributed by atoms with Gasteiger partial charge in [0.05, 0.1) is 11.5 Å². The van der Waals surface area contributed by atoms with Gasteiger partial charge in [0.1, 0.15) is 11.6 Å². The Hall–Kier alpha value is -2.30. The third-order valence-corrected chi connectivity index (χ3v) is 1.98. The van der Waals surface area contributed by atoms with Crippen molar-refractivity contribution in [2.45, 2.75) is 0 Å². The summed E-state index contributed by atoms with van der Waals surface area (Å²) >= 11 is 0. The van der Waals surface area contributed by atoms with Gasteiger partial charge in [-0.25, -0.2) is 0 Å². The molecule has 0 saturated carbocycles. The van der Waals surface area contributed by atoms with Crippen LogP contribution in [0.2, 0.25) is 0 Å². The third-order valence-electron chi connectivity index (χ3n) is 1.98. The van der Waals surface area contributed by atoms with E-state index in [4.69, 9.17) is 4.42 Å². The molecular weight excluding hydrogens is 200 g/mol. The standard InChI is InChI=1S/C10H6O5/c11-9(12)7-5-3-1-2-4-6(5)15-8(7)10(13)14/h1-4H,(H,11,12)(H,13,14)/p-2. The van der Waals surface area contributed by atoms with Crippen LogP contribution in [0, 0.1) is 0 Å². The monoisotopic (exact) mass is 204 g/mol. The fourth-order valence-corrected chi connectivity index (χ4v) is 1.39. The Bertz CT molecular complexity index is 552. The van der Waals surface area contributed by atoms with Gasteiger partial charge in [-0.2, -0.15) is 0 Å². The van der Waals surface area contributed by atoms with Gasteiger partial charge in [0.15, 0.2) is 5.76 Å². The van der Waals surface area contributed by atoms with Crippen LogP contribution in [0.1, 0.15) is 20.9 Å². The minimum atomic E-state index is -1.68. The predicted molar refractivity (Wildman–Crippen MR) is 44.9 cm³/mol. The van der Waals surface area contributed by atoms with Crippen molar-refractivity contribution in [3.63, 3.8) is 0 Å². The summed E-state index contributed by atoms with van der Waals surface area (Å²) in [5.41, 5.74) is -0.304. The third kappa shape index (κ3) is 1.34. The number of carbonyl (C=O) groups is 2. The molecule has 0 unspecified atom stereocenters. The maximum atomic E-state index is 10.7. The van der Waals surface area contributed by atoms with E-state index >= 15 is 0 Å². The molecule has 0 bridgehead atoms. The molecule has 0 spiro atoms. The van der Waals surface area contributed by atoms with E-state index in [-0.39, 0.29) is 11.0 Å². The van der Waals surface area contributed by atoms with E-state index < -0.39 is 23.3 Å². The number of furan rings is 1. The van der Waals surface area contributed by atoms with E-state index in [1.807, 2.05) is 0 Å². The molecule has 0 aliphatic heterocycles. The van der Waals surface area contributed by atoms with Gasteiger partial charge in [-0.15, -0.1) is 0 Å². The lowest BCUT2D eigenvalue weighted by Crippen LogP contribution is -2.28. The molecule has 1 aromatic heterocycles. The molecule has 0 atom stereocenters. The zero-order valence-electron chi connectivity index (χ0n) is 7.35. The van der Waals surface area contributed by atoms with Crippen LogP contribution in [0.3, 0.4) is 0 Å². The zero-order valence-corrected chi connectivity index (χ0v) is 7.35. The van der Waals surface area contributed by atoms with E-state index in [1.165, 1.54) is 12.1 Å². The Morgan fingerprint density at radius 3 is 2.33 bits per heavy atom. The summed E-state index contributed by atoms with van der Waals surface area (Å²) in [6, 6.07) is 6.08. The summed E-state index contributed by atoms with van der Waals surface area (Å²) in [7, 11) is 0. The second kappa shape index (κ2) is 3.13. The van der Waals surface area contributed by atoms with E-state index in [9.17, 15) is 19.8 Å². The number of hydrogen-bond donors (Lipinski definition) is 0. The lowest BCUT2D eigenvalue weighted by atomic mass is 10.1. The van der Waals surface area contributed by atoms with Crippen molar-refractivity contribution in [3.8, 4) is 0 Å². The molecule has 5 nitrogen and oxygen atoms in total. The second-order valence-electron chi connectivity index (χ2n) is 2.88. The maximum absolute atomic E-state index is 10.7. The quantitative estimate of drug-likeness (QED) is 0.635. The van der Waals surface area contributed by atoms with E-state index in [2.05, 4.69) is 0 Å². The Kier molecular flexibility index (Phi) is 1.93. The highest BCUT2D eigenvalue weighted by atomic mass is 16.4. The molecule has 0 fully saturated rings. The van der Waals surface area contributed by atoms with Crippen LogP contribution >= 0.6 is 0 Å². The molecule has 2 aromatic rings. The molecule has 0 saturated heterocycles. The molecule has 15 heavy (non-hydrogen) atoms. The first-order valence-corrected chi connectivity index (χ1v) is 4.05. The van der Waals surface area contributed by atoms with Gasteiger partial charge in [-0.1, -0.05) is 18.2 Å². The Morgan fingerprint density at radius 2 is 1.73 bits per heavy atom. The van der Waals surface area contributed by atoms with Crippen molar-refractivity contribution in [1.82, 2.24) is 0 Å². The molecule has 1 aromatic carbocycles. The maximum Gasteiger partial charge on any atom is 0.159 e. The van der Waals surface area contributed by atoms with E-state index in [0.717, 1.165) is 0 Å². The normalized spacial score (nSPS) is 10.4. The molecule has 0 amide bonds. The van der Waals surface area contributed by atoms with Crippen molar-refractivity contribution < 1.29 is 24.2 Å². The van der Waals surface area contributed by atoms with Gasteiger partial charge < -0.3 is 24.2 Å². The van der Waals surface area contributed by atoms with Gasteiger partial charge in [0, 0.05) is 5.39 Å². The van der Waals surface area contributed by atoms with Gasteiger partial charge in [0.25, 0.3) is 0 Å². The molecule has 0 aliphatic rings. The van der Waals surface area contributed by atoms with Crippen LogP contribution in [-0.4, -0.2) is 11.9 Å². The Labute approximate surface area is 83.5 Å². The van der Waals surface area contributed by atoms with Crippen LogP contribution in [0.5, 0.6) is 0 Å². The molecule has 5 heteroatoms. The molecule has 0 radical (unpaired) electrons. The predicted octanol–water partition coefficient (Wildman–Crippen LogP) is -0.840. The smallest absolute Gasteiger partial charge is 0.159 e. The molecule has 0 N–H and O–H groups in total. The van der Waals surface area contributed by atoms with Crippen molar-refractivity contribution >= 4 is 22.9 Å². The average Bonchev–Trinajstić information content (AvgIpc) is 2.56. The highest BCUT2D eigenvalue weighted by Crippen LogP contribution is 2.24. The lowest BCUT2D eigenvalue weighted by Gasteiger charge is -2.03. The number of carbonyl (C=O) groups excluding carboxylic acids is 2. The summed E-state index contributed by atoms with van der Waals surface area (Å²) in [5, 5.41) is 21.5. The fourth-order valence-electron chi connectivity index (χ4n) is 1.39. The summed E-state index contributed by atoms with van der Waals surface area (Å²) in [5.74, 6) is -3.99.